The van der Waals surface area contributed by atoms with Crippen molar-refractivity contribution in [3.05, 3.63) is 108 Å². The van der Waals surface area contributed by atoms with Gasteiger partial charge in [-0.15, -0.1) is 12.8 Å². The lowest BCUT2D eigenvalue weighted by Gasteiger charge is -2.08. The fraction of sp³-hybridized carbons (Fsp3) is 0.189. The molecule has 0 heterocycles. The van der Waals surface area contributed by atoms with E-state index in [0.29, 0.717) is 46.2 Å². The predicted octanol–water partition coefficient (Wildman–Crippen LogP) is 8.50. The van der Waals surface area contributed by atoms with E-state index in [1.165, 1.54) is 12.1 Å². The molecule has 0 aliphatic heterocycles. The average Bonchev–Trinajstić information content (AvgIpc) is 3.01. The average molecular weight is 577 g/mol. The molecular weight excluding hydrogens is 546 g/mol. The van der Waals surface area contributed by atoms with Crippen LogP contribution in [0.3, 0.4) is 0 Å². The Kier molecular flexibility index (Phi) is 10.8. The zero-order chi connectivity index (χ0) is 30.6. The Morgan fingerprint density at radius 2 is 0.930 bits per heavy atom. The second-order valence-electron chi connectivity index (χ2n) is 9.94. The van der Waals surface area contributed by atoms with Gasteiger partial charge in [0.1, 0.15) is 23.1 Å². The first kappa shape index (κ1) is 30.8. The van der Waals surface area contributed by atoms with Crippen molar-refractivity contribution in [3.8, 4) is 58.4 Å². The lowest BCUT2D eigenvalue weighted by molar-refractivity contribution is -0.135. The van der Waals surface area contributed by atoms with Crippen molar-refractivity contribution in [3.63, 3.8) is 0 Å². The van der Waals surface area contributed by atoms with Crippen LogP contribution in [-0.4, -0.2) is 11.9 Å². The van der Waals surface area contributed by atoms with Gasteiger partial charge < -0.3 is 9.47 Å². The number of ether oxygens (including phenoxy) is 2. The zero-order valence-electron chi connectivity index (χ0n) is 23.6. The molecule has 0 atom stereocenters. The molecule has 0 bridgehead atoms. The van der Waals surface area contributed by atoms with Gasteiger partial charge in [0.2, 0.25) is 0 Å². The molecule has 43 heavy (non-hydrogen) atoms. The lowest BCUT2D eigenvalue weighted by Crippen LogP contribution is -2.08. The molecule has 0 unspecified atom stereocenters. The molecule has 0 spiro atoms. The molecular formula is C37H30F2O4. The van der Waals surface area contributed by atoms with E-state index in [0.717, 1.165) is 19.3 Å². The maximum Gasteiger partial charge on any atom is 0.311 e. The van der Waals surface area contributed by atoms with Gasteiger partial charge >= 0.3 is 11.9 Å². The van der Waals surface area contributed by atoms with E-state index in [4.69, 9.17) is 22.3 Å². The molecule has 0 aromatic heterocycles. The van der Waals surface area contributed by atoms with Crippen LogP contribution in [0.15, 0.2) is 84.9 Å². The molecule has 4 rings (SSSR count). The maximum absolute atomic E-state index is 14.6. The number of carbonyl (C=O) groups is 2. The smallest absolute Gasteiger partial charge is 0.311 e. The summed E-state index contributed by atoms with van der Waals surface area (Å²) in [6.45, 7) is 0. The number of benzene rings is 4. The highest BCUT2D eigenvalue weighted by molar-refractivity contribution is 5.74. The van der Waals surface area contributed by atoms with Gasteiger partial charge in [-0.25, -0.2) is 8.78 Å². The largest absolute Gasteiger partial charge is 0.426 e. The number of terminal acetylenes is 2. The van der Waals surface area contributed by atoms with Crippen LogP contribution in [0, 0.1) is 36.3 Å². The van der Waals surface area contributed by atoms with E-state index >= 15 is 0 Å². The second-order valence-corrected chi connectivity index (χ2v) is 9.94. The Morgan fingerprint density at radius 3 is 1.28 bits per heavy atom. The number of unbranched alkanes of at least 4 members (excludes halogenated alkanes) is 4. The molecule has 0 amide bonds. The summed E-state index contributed by atoms with van der Waals surface area (Å²) in [4.78, 5) is 24.4. The van der Waals surface area contributed by atoms with E-state index in [-0.39, 0.29) is 24.3 Å². The van der Waals surface area contributed by atoms with E-state index in [2.05, 4.69) is 11.8 Å². The molecule has 0 aliphatic carbocycles. The molecule has 0 saturated carbocycles. The molecule has 0 radical (unpaired) electrons. The van der Waals surface area contributed by atoms with Crippen molar-refractivity contribution in [1.82, 2.24) is 0 Å². The quantitative estimate of drug-likeness (QED) is 0.0734. The van der Waals surface area contributed by atoms with Crippen molar-refractivity contribution in [2.75, 3.05) is 0 Å². The van der Waals surface area contributed by atoms with Crippen LogP contribution in [0.5, 0.6) is 11.5 Å². The highest BCUT2D eigenvalue weighted by Gasteiger charge is 2.12. The first-order valence-electron chi connectivity index (χ1n) is 14.0. The monoisotopic (exact) mass is 576 g/mol. The number of hydrogen-bond donors (Lipinski definition) is 0. The van der Waals surface area contributed by atoms with Gasteiger partial charge in [-0.05, 0) is 72.5 Å². The summed E-state index contributed by atoms with van der Waals surface area (Å²) in [7, 11) is 0. The first-order chi connectivity index (χ1) is 20.9. The fourth-order valence-corrected chi connectivity index (χ4v) is 4.51. The molecule has 0 saturated heterocycles. The van der Waals surface area contributed by atoms with Crippen LogP contribution in [-0.2, 0) is 9.59 Å². The highest BCUT2D eigenvalue weighted by atomic mass is 19.1. The normalized spacial score (nSPS) is 10.4. The van der Waals surface area contributed by atoms with Gasteiger partial charge in [0.05, 0.1) is 0 Å². The second kappa shape index (κ2) is 15.1. The summed E-state index contributed by atoms with van der Waals surface area (Å²) in [5.41, 5.74) is 3.54. The minimum absolute atomic E-state index is 0.151. The van der Waals surface area contributed by atoms with Crippen molar-refractivity contribution >= 4 is 11.9 Å². The molecule has 4 aromatic rings. The summed E-state index contributed by atoms with van der Waals surface area (Å²) in [6.07, 6.45) is 14.7. The minimum Gasteiger partial charge on any atom is -0.426 e. The number of halogens is 2. The molecule has 6 heteroatoms. The van der Waals surface area contributed by atoms with Crippen molar-refractivity contribution in [2.24, 2.45) is 0 Å². The fourth-order valence-electron chi connectivity index (χ4n) is 4.51. The van der Waals surface area contributed by atoms with E-state index < -0.39 is 23.6 Å². The van der Waals surface area contributed by atoms with Gasteiger partial charge in [-0.3, -0.25) is 9.59 Å². The topological polar surface area (TPSA) is 52.6 Å². The number of carbonyl (C=O) groups excluding carboxylic acids is 2. The molecule has 0 N–H and O–H groups in total. The van der Waals surface area contributed by atoms with Crippen molar-refractivity contribution in [1.29, 1.82) is 0 Å². The highest BCUT2D eigenvalue weighted by Crippen LogP contribution is 2.28. The SMILES string of the molecule is C#Cc1ccc(-c2ccc(OC(=O)CCCCCCCC(=O)Oc3ccc(-c4ccc(C#C)cc4)c(F)c3)cc2F)cc1. The molecule has 4 aromatic carbocycles. The summed E-state index contributed by atoms with van der Waals surface area (Å²) in [5.74, 6) is 3.49. The van der Waals surface area contributed by atoms with Gasteiger partial charge in [-0.2, -0.15) is 0 Å². The predicted molar refractivity (Wildman–Crippen MR) is 163 cm³/mol. The van der Waals surface area contributed by atoms with E-state index in [1.807, 2.05) is 0 Å². The van der Waals surface area contributed by atoms with Crippen LogP contribution >= 0.6 is 0 Å². The van der Waals surface area contributed by atoms with E-state index in [9.17, 15) is 18.4 Å². The summed E-state index contributed by atoms with van der Waals surface area (Å²) < 4.78 is 39.8. The molecule has 216 valence electrons. The Bertz CT molecular complexity index is 1530. The number of rotatable bonds is 12. The van der Waals surface area contributed by atoms with E-state index in [1.54, 1.807) is 72.8 Å². The van der Waals surface area contributed by atoms with Gasteiger partial charge in [0.15, 0.2) is 0 Å². The molecule has 0 fully saturated rings. The van der Waals surface area contributed by atoms with Crippen LogP contribution < -0.4 is 9.47 Å². The molecule has 0 aliphatic rings. The Balaban J connectivity index is 1.11. The Morgan fingerprint density at radius 1 is 0.558 bits per heavy atom. The third-order valence-electron chi connectivity index (χ3n) is 6.83. The van der Waals surface area contributed by atoms with Gasteiger partial charge in [-0.1, -0.05) is 55.4 Å². The summed E-state index contributed by atoms with van der Waals surface area (Å²) in [6, 6.07) is 22.6. The summed E-state index contributed by atoms with van der Waals surface area (Å²) >= 11 is 0. The van der Waals surface area contributed by atoms with Crippen molar-refractivity contribution in [2.45, 2.75) is 44.9 Å². The molecule has 4 nitrogen and oxygen atoms in total. The Labute approximate surface area is 250 Å². The van der Waals surface area contributed by atoms with Gasteiger partial charge in [0, 0.05) is 47.2 Å². The first-order valence-corrected chi connectivity index (χ1v) is 14.0. The number of esters is 2. The van der Waals surface area contributed by atoms with Crippen LogP contribution in [0.25, 0.3) is 22.3 Å². The zero-order valence-corrected chi connectivity index (χ0v) is 23.6. The van der Waals surface area contributed by atoms with Crippen LogP contribution in [0.1, 0.15) is 56.1 Å². The minimum atomic E-state index is -0.494. The lowest BCUT2D eigenvalue weighted by atomic mass is 10.0. The van der Waals surface area contributed by atoms with Crippen LogP contribution in [0.4, 0.5) is 8.78 Å². The third kappa shape index (κ3) is 8.89. The Hall–Kier alpha value is -5.20. The van der Waals surface area contributed by atoms with Crippen LogP contribution in [0.2, 0.25) is 0 Å². The number of hydrogen-bond acceptors (Lipinski definition) is 4. The third-order valence-corrected chi connectivity index (χ3v) is 6.83. The van der Waals surface area contributed by atoms with Crippen molar-refractivity contribution < 1.29 is 27.8 Å². The standard InChI is InChI=1S/C37H30F2O4/c1-3-26-12-16-28(17-13-26)32-22-20-30(24-34(32)38)42-36(40)10-8-6-5-7-9-11-37(41)43-31-21-23-33(35(39)25-31)29-18-14-27(4-2)15-19-29/h1-2,12-25H,5-11H2. The maximum atomic E-state index is 14.6. The van der Waals surface area contributed by atoms with Gasteiger partial charge in [0.25, 0.3) is 0 Å². The summed E-state index contributed by atoms with van der Waals surface area (Å²) in [5, 5.41) is 0.